The summed E-state index contributed by atoms with van der Waals surface area (Å²) >= 11 is 0. The number of nitrogens with one attached hydrogen (secondary N) is 3. The molecule has 3 amide bonds. The number of benzene rings is 2. The van der Waals surface area contributed by atoms with Crippen LogP contribution in [-0.4, -0.2) is 70.1 Å². The van der Waals surface area contributed by atoms with Crippen LogP contribution in [0.3, 0.4) is 0 Å². The lowest BCUT2D eigenvalue weighted by atomic mass is 9.92. The molecule has 1 aliphatic rings. The van der Waals surface area contributed by atoms with E-state index < -0.39 is 45.4 Å². The Morgan fingerprint density at radius 3 is 2.23 bits per heavy atom. The predicted molar refractivity (Wildman–Crippen MR) is 192 cm³/mol. The van der Waals surface area contributed by atoms with E-state index in [1.54, 1.807) is 12.1 Å². The third-order valence-electron chi connectivity index (χ3n) is 8.30. The van der Waals surface area contributed by atoms with Crippen molar-refractivity contribution in [1.82, 2.24) is 16.0 Å². The van der Waals surface area contributed by atoms with Crippen LogP contribution in [0.15, 0.2) is 42.5 Å². The van der Waals surface area contributed by atoms with Gasteiger partial charge in [0.15, 0.2) is 0 Å². The molecule has 0 saturated carbocycles. The number of phenols is 1. The van der Waals surface area contributed by atoms with Gasteiger partial charge >= 0.3 is 5.97 Å². The molecule has 0 bridgehead atoms. The molecule has 4 atom stereocenters. The third kappa shape index (κ3) is 11.1. The van der Waals surface area contributed by atoms with Gasteiger partial charge in [0.25, 0.3) is 0 Å². The molecular weight excluding hydrogens is 660 g/mol. The normalized spacial score (nSPS) is 22.3. The standard InChI is InChI=1S/C34H48N4O6S2.ClH/c1-20-16-24(39)17-21(2)25(20)19-26(35)30(41)37-27-31(42)36-15-11-14-23(18-22-12-9-8-10-13-22)29(40)38-28(32(43)44-7)34(5,6)46-45-33(27,3)4;/h8-10,12-13,16-17,23,26-28,39H,11,14-15,18-19,35H2,1-7H3,(H,36,42)(H,37,41)(H,38,40);1H/t23?,26-,27+,28+;/m0./s1. The molecule has 1 fully saturated rings. The number of phenolic OH excluding ortho intramolecular Hbond substituents is 1. The molecule has 1 unspecified atom stereocenters. The summed E-state index contributed by atoms with van der Waals surface area (Å²) in [6.45, 7) is 11.4. The number of rotatable bonds is 7. The van der Waals surface area contributed by atoms with Crippen molar-refractivity contribution in [2.24, 2.45) is 11.7 Å². The van der Waals surface area contributed by atoms with Gasteiger partial charge in [-0.25, -0.2) is 4.79 Å². The topological polar surface area (TPSA) is 160 Å². The number of hydrogen-bond donors (Lipinski definition) is 5. The summed E-state index contributed by atoms with van der Waals surface area (Å²) in [5.74, 6) is -1.96. The van der Waals surface area contributed by atoms with Crippen LogP contribution in [0.1, 0.15) is 62.8 Å². The molecule has 1 saturated heterocycles. The average Bonchev–Trinajstić information content (AvgIpc) is 3.00. The summed E-state index contributed by atoms with van der Waals surface area (Å²) in [4.78, 5) is 53.9. The Morgan fingerprint density at radius 2 is 1.64 bits per heavy atom. The number of methoxy groups -OCH3 is 1. The lowest BCUT2D eigenvalue weighted by molar-refractivity contribution is -0.146. The number of carbonyl (C=O) groups excluding carboxylic acids is 4. The van der Waals surface area contributed by atoms with Crippen LogP contribution in [0, 0.1) is 19.8 Å². The Hall–Kier alpha value is -2.93. The fraction of sp³-hybridized carbons (Fsp3) is 0.529. The van der Waals surface area contributed by atoms with Crippen LogP contribution in [0.5, 0.6) is 5.75 Å². The number of ether oxygens (including phenoxy) is 1. The van der Waals surface area contributed by atoms with Crippen molar-refractivity contribution in [3.63, 3.8) is 0 Å². The summed E-state index contributed by atoms with van der Waals surface area (Å²) in [5.41, 5.74) is 9.88. The van der Waals surface area contributed by atoms with Gasteiger partial charge in [0.2, 0.25) is 17.7 Å². The van der Waals surface area contributed by atoms with E-state index in [0.29, 0.717) is 25.8 Å². The Balaban J connectivity index is 0.00000768. The lowest BCUT2D eigenvalue weighted by Gasteiger charge is -2.38. The third-order valence-corrected chi connectivity index (χ3v) is 12.5. The number of aromatic hydroxyl groups is 1. The minimum Gasteiger partial charge on any atom is -0.508 e. The molecule has 0 aromatic heterocycles. The van der Waals surface area contributed by atoms with E-state index in [1.165, 1.54) is 28.7 Å². The number of nitrogens with two attached hydrogens (primary N) is 1. The fourth-order valence-corrected chi connectivity index (χ4v) is 8.31. The van der Waals surface area contributed by atoms with Crippen molar-refractivity contribution in [1.29, 1.82) is 0 Å². The molecule has 1 heterocycles. The summed E-state index contributed by atoms with van der Waals surface area (Å²) in [7, 11) is 3.96. The SMILES string of the molecule is COC(=O)[C@H]1NC(=O)C(Cc2ccccc2)CCCNC(=O)[C@@H](NC(=O)[C@@H](N)Cc2c(C)cc(O)cc2C)C(C)(C)SSC1(C)C.Cl. The maximum absolute atomic E-state index is 13.7. The van der Waals surface area contributed by atoms with Crippen molar-refractivity contribution in [2.45, 2.75) is 94.8 Å². The van der Waals surface area contributed by atoms with Crippen molar-refractivity contribution in [3.8, 4) is 5.75 Å². The van der Waals surface area contributed by atoms with Crippen LogP contribution < -0.4 is 21.7 Å². The van der Waals surface area contributed by atoms with Crippen LogP contribution in [0.25, 0.3) is 0 Å². The Morgan fingerprint density at radius 1 is 1.04 bits per heavy atom. The van der Waals surface area contributed by atoms with Gasteiger partial charge in [0.1, 0.15) is 17.8 Å². The van der Waals surface area contributed by atoms with Gasteiger partial charge in [0, 0.05) is 17.2 Å². The molecule has 13 heteroatoms. The molecular formula is C34H49ClN4O6S2. The van der Waals surface area contributed by atoms with E-state index >= 15 is 0 Å². The highest BCUT2D eigenvalue weighted by Crippen LogP contribution is 2.47. The molecule has 1 aliphatic heterocycles. The van der Waals surface area contributed by atoms with Gasteiger partial charge in [-0.3, -0.25) is 14.4 Å². The van der Waals surface area contributed by atoms with Crippen molar-refractivity contribution in [2.75, 3.05) is 13.7 Å². The minimum absolute atomic E-state index is 0. The second-order valence-electron chi connectivity index (χ2n) is 13.0. The van der Waals surface area contributed by atoms with Crippen LogP contribution in [0.2, 0.25) is 0 Å². The first kappa shape index (κ1) is 40.2. The first-order valence-electron chi connectivity index (χ1n) is 15.5. The minimum atomic E-state index is -0.966. The molecule has 2 aromatic rings. The zero-order chi connectivity index (χ0) is 34.2. The van der Waals surface area contributed by atoms with E-state index in [2.05, 4.69) is 16.0 Å². The predicted octanol–water partition coefficient (Wildman–Crippen LogP) is 4.15. The Bertz CT molecular complexity index is 1390. The van der Waals surface area contributed by atoms with Crippen molar-refractivity contribution in [3.05, 3.63) is 64.7 Å². The summed E-state index contributed by atoms with van der Waals surface area (Å²) in [5, 5.41) is 18.8. The highest BCUT2D eigenvalue weighted by molar-refractivity contribution is 8.77. The number of aryl methyl sites for hydroxylation is 2. The van der Waals surface area contributed by atoms with Gasteiger partial charge in [-0.1, -0.05) is 51.9 Å². The summed E-state index contributed by atoms with van der Waals surface area (Å²) in [6.07, 6.45) is 1.68. The number of amides is 3. The quantitative estimate of drug-likeness (QED) is 0.210. The zero-order valence-corrected chi connectivity index (χ0v) is 30.6. The number of halogens is 1. The summed E-state index contributed by atoms with van der Waals surface area (Å²) in [6, 6.07) is 10.1. The van der Waals surface area contributed by atoms with Crippen LogP contribution in [0.4, 0.5) is 0 Å². The molecule has 0 aliphatic carbocycles. The molecule has 0 spiro atoms. The van der Waals surface area contributed by atoms with Gasteiger partial charge < -0.3 is 31.5 Å². The summed E-state index contributed by atoms with van der Waals surface area (Å²) < 4.78 is 3.39. The molecule has 47 heavy (non-hydrogen) atoms. The van der Waals surface area contributed by atoms with E-state index in [9.17, 15) is 24.3 Å². The van der Waals surface area contributed by atoms with E-state index in [-0.39, 0.29) is 36.4 Å². The van der Waals surface area contributed by atoms with E-state index in [0.717, 1.165) is 22.3 Å². The second-order valence-corrected chi connectivity index (χ2v) is 16.4. The molecule has 6 N–H and O–H groups in total. The molecule has 260 valence electrons. The Kier molecular flexibility index (Phi) is 15.0. The van der Waals surface area contributed by atoms with Crippen molar-refractivity contribution < 1.29 is 29.0 Å². The zero-order valence-electron chi connectivity index (χ0n) is 28.2. The van der Waals surface area contributed by atoms with Gasteiger partial charge in [-0.15, -0.1) is 12.4 Å². The van der Waals surface area contributed by atoms with Gasteiger partial charge in [-0.2, -0.15) is 0 Å². The molecule has 10 nitrogen and oxygen atoms in total. The number of esters is 1. The maximum atomic E-state index is 13.7. The van der Waals surface area contributed by atoms with Crippen LogP contribution >= 0.6 is 34.0 Å². The molecule has 2 aromatic carbocycles. The number of carbonyl (C=O) groups is 4. The van der Waals surface area contributed by atoms with Gasteiger partial charge in [-0.05, 0) is 102 Å². The van der Waals surface area contributed by atoms with Crippen LogP contribution in [-0.2, 0) is 36.8 Å². The number of hydrogen-bond acceptors (Lipinski definition) is 9. The highest BCUT2D eigenvalue weighted by Gasteiger charge is 2.44. The maximum Gasteiger partial charge on any atom is 0.329 e. The van der Waals surface area contributed by atoms with E-state index in [1.807, 2.05) is 71.9 Å². The Labute approximate surface area is 292 Å². The highest BCUT2D eigenvalue weighted by atomic mass is 35.5. The van der Waals surface area contributed by atoms with E-state index in [4.69, 9.17) is 10.5 Å². The van der Waals surface area contributed by atoms with Crippen molar-refractivity contribution >= 4 is 57.7 Å². The lowest BCUT2D eigenvalue weighted by Crippen LogP contribution is -2.60. The fourth-order valence-electron chi connectivity index (χ4n) is 5.50. The first-order valence-corrected chi connectivity index (χ1v) is 17.6. The first-order chi connectivity index (χ1) is 21.6. The molecule has 3 rings (SSSR count). The smallest absolute Gasteiger partial charge is 0.329 e. The molecule has 0 radical (unpaired) electrons. The largest absolute Gasteiger partial charge is 0.508 e. The second kappa shape index (κ2) is 17.5. The monoisotopic (exact) mass is 708 g/mol. The average molecular weight is 709 g/mol. The van der Waals surface area contributed by atoms with Gasteiger partial charge in [0.05, 0.1) is 17.9 Å².